The molecule has 0 saturated carbocycles. The summed E-state index contributed by atoms with van der Waals surface area (Å²) >= 11 is 1.81. The summed E-state index contributed by atoms with van der Waals surface area (Å²) < 4.78 is 6.84. The highest BCUT2D eigenvalue weighted by Gasteiger charge is 2.00. The van der Waals surface area contributed by atoms with E-state index in [1.807, 2.05) is 29.7 Å². The monoisotopic (exact) mass is 291 g/mol. The molecule has 1 aromatic heterocycles. The van der Waals surface area contributed by atoms with Crippen LogP contribution in [0.15, 0.2) is 41.4 Å². The molecule has 2 aromatic rings. The van der Waals surface area contributed by atoms with E-state index in [0.29, 0.717) is 0 Å². The largest absolute Gasteiger partial charge is 0.383 e. The van der Waals surface area contributed by atoms with Gasteiger partial charge in [-0.25, -0.2) is 0 Å². The van der Waals surface area contributed by atoms with Crippen LogP contribution in [0.25, 0.3) is 0 Å². The highest BCUT2D eigenvalue weighted by atomic mass is 32.2. The van der Waals surface area contributed by atoms with Gasteiger partial charge >= 0.3 is 0 Å². The zero-order valence-corrected chi connectivity index (χ0v) is 12.8. The van der Waals surface area contributed by atoms with Crippen molar-refractivity contribution in [1.29, 1.82) is 0 Å². The number of hydrogen-bond donors (Lipinski definition) is 1. The van der Waals surface area contributed by atoms with E-state index in [-0.39, 0.29) is 0 Å². The van der Waals surface area contributed by atoms with E-state index < -0.39 is 0 Å². The van der Waals surface area contributed by atoms with Gasteiger partial charge < -0.3 is 10.1 Å². The number of nitrogens with one attached hydrogen (secondary N) is 1. The Labute approximate surface area is 124 Å². The molecule has 20 heavy (non-hydrogen) atoms. The predicted octanol–water partition coefficient (Wildman–Crippen LogP) is 2.45. The summed E-state index contributed by atoms with van der Waals surface area (Å²) in [5.74, 6) is 0.909. The Kier molecular flexibility index (Phi) is 6.11. The van der Waals surface area contributed by atoms with Gasteiger partial charge in [-0.2, -0.15) is 5.10 Å². The van der Waals surface area contributed by atoms with Gasteiger partial charge in [-0.3, -0.25) is 4.68 Å². The summed E-state index contributed by atoms with van der Waals surface area (Å²) in [6, 6.07) is 10.7. The summed E-state index contributed by atoms with van der Waals surface area (Å²) in [6.45, 7) is 2.51. The second-order valence-electron chi connectivity index (χ2n) is 4.58. The molecule has 2 rings (SSSR count). The van der Waals surface area contributed by atoms with E-state index in [1.54, 1.807) is 7.11 Å². The molecule has 0 atom stereocenters. The van der Waals surface area contributed by atoms with Crippen molar-refractivity contribution in [3.05, 3.63) is 47.8 Å². The Bertz CT molecular complexity index is 510. The normalized spacial score (nSPS) is 10.9. The van der Waals surface area contributed by atoms with Gasteiger partial charge in [0.2, 0.25) is 0 Å². The summed E-state index contributed by atoms with van der Waals surface area (Å²) in [6.07, 6.45) is 1.98. The van der Waals surface area contributed by atoms with Gasteiger partial charge in [-0.1, -0.05) is 12.1 Å². The standard InChI is InChI=1S/C15H21N3OS/c1-18-9-7-14(17-18)12-20-15-5-3-13(4-6-15)11-16-8-10-19-2/h3-7,9,16H,8,10-12H2,1-2H3. The number of benzene rings is 1. The summed E-state index contributed by atoms with van der Waals surface area (Å²) in [5.41, 5.74) is 2.41. The molecule has 0 bridgehead atoms. The molecule has 0 spiro atoms. The molecular weight excluding hydrogens is 270 g/mol. The van der Waals surface area contributed by atoms with Crippen molar-refractivity contribution in [2.75, 3.05) is 20.3 Å². The van der Waals surface area contributed by atoms with Crippen LogP contribution in [0.2, 0.25) is 0 Å². The smallest absolute Gasteiger partial charge is 0.0727 e. The molecule has 4 nitrogen and oxygen atoms in total. The Morgan fingerprint density at radius 3 is 2.70 bits per heavy atom. The molecule has 0 saturated heterocycles. The number of ether oxygens (including phenoxy) is 1. The molecule has 0 amide bonds. The zero-order chi connectivity index (χ0) is 14.2. The maximum Gasteiger partial charge on any atom is 0.0727 e. The minimum atomic E-state index is 0.748. The molecule has 0 fully saturated rings. The van der Waals surface area contributed by atoms with Crippen molar-refractivity contribution < 1.29 is 4.74 Å². The third-order valence-corrected chi connectivity index (χ3v) is 3.94. The maximum absolute atomic E-state index is 5.00. The number of thioether (sulfide) groups is 1. The molecule has 0 aliphatic heterocycles. The number of nitrogens with zero attached hydrogens (tertiary/aromatic N) is 2. The number of hydrogen-bond acceptors (Lipinski definition) is 4. The predicted molar refractivity (Wildman–Crippen MR) is 82.8 cm³/mol. The van der Waals surface area contributed by atoms with Crippen molar-refractivity contribution >= 4 is 11.8 Å². The fourth-order valence-corrected chi connectivity index (χ4v) is 2.60. The summed E-state index contributed by atoms with van der Waals surface area (Å²) in [4.78, 5) is 1.27. The zero-order valence-electron chi connectivity index (χ0n) is 12.0. The second kappa shape index (κ2) is 8.09. The van der Waals surface area contributed by atoms with Crippen LogP contribution in [0, 0.1) is 0 Å². The van der Waals surface area contributed by atoms with Gasteiger partial charge in [-0.15, -0.1) is 11.8 Å². The third kappa shape index (κ3) is 5.00. The molecular formula is C15H21N3OS. The Balaban J connectivity index is 1.76. The fraction of sp³-hybridized carbons (Fsp3) is 0.400. The minimum Gasteiger partial charge on any atom is -0.383 e. The quantitative estimate of drug-likeness (QED) is 0.599. The Morgan fingerprint density at radius 1 is 1.25 bits per heavy atom. The van der Waals surface area contributed by atoms with E-state index in [2.05, 4.69) is 40.7 Å². The lowest BCUT2D eigenvalue weighted by molar-refractivity contribution is 0.199. The number of rotatable bonds is 8. The van der Waals surface area contributed by atoms with Crippen LogP contribution in [-0.2, 0) is 24.1 Å². The van der Waals surface area contributed by atoms with Crippen molar-refractivity contribution in [3.63, 3.8) is 0 Å². The first-order chi connectivity index (χ1) is 9.78. The first-order valence-electron chi connectivity index (χ1n) is 6.68. The van der Waals surface area contributed by atoms with Crippen LogP contribution < -0.4 is 5.32 Å². The Hall–Kier alpha value is -1.30. The van der Waals surface area contributed by atoms with Crippen LogP contribution in [0.4, 0.5) is 0 Å². The molecule has 1 aromatic carbocycles. The van der Waals surface area contributed by atoms with Crippen LogP contribution in [0.3, 0.4) is 0 Å². The van der Waals surface area contributed by atoms with E-state index >= 15 is 0 Å². The average Bonchev–Trinajstić information content (AvgIpc) is 2.88. The SMILES string of the molecule is COCCNCc1ccc(SCc2ccn(C)n2)cc1. The van der Waals surface area contributed by atoms with Crippen LogP contribution in [0.5, 0.6) is 0 Å². The number of aromatic nitrogens is 2. The van der Waals surface area contributed by atoms with Gasteiger partial charge in [0.15, 0.2) is 0 Å². The van der Waals surface area contributed by atoms with E-state index in [9.17, 15) is 0 Å². The fourth-order valence-electron chi connectivity index (χ4n) is 1.81. The van der Waals surface area contributed by atoms with Gasteiger partial charge in [0.1, 0.15) is 0 Å². The molecule has 0 radical (unpaired) electrons. The average molecular weight is 291 g/mol. The molecule has 5 heteroatoms. The van der Waals surface area contributed by atoms with Crippen molar-refractivity contribution in [1.82, 2.24) is 15.1 Å². The number of aryl methyl sites for hydroxylation is 1. The molecule has 0 aliphatic carbocycles. The van der Waals surface area contributed by atoms with Crippen LogP contribution in [0.1, 0.15) is 11.3 Å². The number of methoxy groups -OCH3 is 1. The molecule has 0 aliphatic rings. The highest BCUT2D eigenvalue weighted by Crippen LogP contribution is 2.22. The lowest BCUT2D eigenvalue weighted by atomic mass is 10.2. The van der Waals surface area contributed by atoms with E-state index in [1.165, 1.54) is 10.5 Å². The van der Waals surface area contributed by atoms with Crippen molar-refractivity contribution in [2.24, 2.45) is 7.05 Å². The van der Waals surface area contributed by atoms with Crippen molar-refractivity contribution in [3.8, 4) is 0 Å². The van der Waals surface area contributed by atoms with E-state index in [4.69, 9.17) is 4.74 Å². The van der Waals surface area contributed by atoms with Crippen molar-refractivity contribution in [2.45, 2.75) is 17.2 Å². The summed E-state index contributed by atoms with van der Waals surface area (Å²) in [7, 11) is 3.66. The van der Waals surface area contributed by atoms with Gasteiger partial charge in [0, 0.05) is 44.1 Å². The second-order valence-corrected chi connectivity index (χ2v) is 5.63. The first kappa shape index (κ1) is 15.1. The third-order valence-electron chi connectivity index (χ3n) is 2.89. The molecule has 1 heterocycles. The molecule has 108 valence electrons. The van der Waals surface area contributed by atoms with Gasteiger partial charge in [-0.05, 0) is 23.8 Å². The van der Waals surface area contributed by atoms with Crippen LogP contribution >= 0.6 is 11.8 Å². The van der Waals surface area contributed by atoms with Gasteiger partial charge in [0.05, 0.1) is 12.3 Å². The lowest BCUT2D eigenvalue weighted by Gasteiger charge is -2.05. The minimum absolute atomic E-state index is 0.748. The maximum atomic E-state index is 5.00. The van der Waals surface area contributed by atoms with Crippen LogP contribution in [-0.4, -0.2) is 30.0 Å². The van der Waals surface area contributed by atoms with Gasteiger partial charge in [0.25, 0.3) is 0 Å². The summed E-state index contributed by atoms with van der Waals surface area (Å²) in [5, 5.41) is 7.71. The highest BCUT2D eigenvalue weighted by molar-refractivity contribution is 7.98. The molecule has 0 unspecified atom stereocenters. The van der Waals surface area contributed by atoms with E-state index in [0.717, 1.165) is 31.1 Å². The Morgan fingerprint density at radius 2 is 2.05 bits per heavy atom. The lowest BCUT2D eigenvalue weighted by Crippen LogP contribution is -2.18. The molecule has 1 N–H and O–H groups in total. The first-order valence-corrected chi connectivity index (χ1v) is 7.66. The topological polar surface area (TPSA) is 39.1 Å².